The van der Waals surface area contributed by atoms with E-state index in [0.29, 0.717) is 12.5 Å². The van der Waals surface area contributed by atoms with Crippen LogP contribution in [0.15, 0.2) is 18.2 Å². The van der Waals surface area contributed by atoms with Gasteiger partial charge in [0, 0.05) is 11.6 Å². The SMILES string of the molecule is CNC(C)c1cc(F)ccc1OCCCC(C)C. The summed E-state index contributed by atoms with van der Waals surface area (Å²) < 4.78 is 19.0. The molecule has 0 aromatic heterocycles. The summed E-state index contributed by atoms with van der Waals surface area (Å²) in [6, 6.07) is 4.79. The van der Waals surface area contributed by atoms with Gasteiger partial charge < -0.3 is 10.1 Å². The summed E-state index contributed by atoms with van der Waals surface area (Å²) in [5.41, 5.74) is 0.877. The quantitative estimate of drug-likeness (QED) is 0.744. The molecular weight excluding hydrogens is 229 g/mol. The molecule has 3 heteroatoms. The standard InChI is InChI=1S/C15H24FNO/c1-11(2)6-5-9-18-15-8-7-13(16)10-14(15)12(3)17-4/h7-8,10-12,17H,5-6,9H2,1-4H3. The van der Waals surface area contributed by atoms with Gasteiger partial charge in [-0.15, -0.1) is 0 Å². The average molecular weight is 253 g/mol. The topological polar surface area (TPSA) is 21.3 Å². The first kappa shape index (κ1) is 15.0. The molecule has 102 valence electrons. The molecule has 1 N–H and O–H groups in total. The summed E-state index contributed by atoms with van der Waals surface area (Å²) in [7, 11) is 1.86. The maximum absolute atomic E-state index is 13.3. The Bertz CT molecular complexity index is 366. The summed E-state index contributed by atoms with van der Waals surface area (Å²) in [6.45, 7) is 7.09. The van der Waals surface area contributed by atoms with Crippen LogP contribution in [0.25, 0.3) is 0 Å². The van der Waals surface area contributed by atoms with Gasteiger partial charge in [-0.05, 0) is 50.9 Å². The predicted octanol–water partition coefficient (Wildman–Crippen LogP) is 3.92. The average Bonchev–Trinajstić information content (AvgIpc) is 2.34. The third-order valence-corrected chi connectivity index (χ3v) is 3.05. The minimum Gasteiger partial charge on any atom is -0.493 e. The molecule has 0 aliphatic rings. The van der Waals surface area contributed by atoms with Crippen LogP contribution < -0.4 is 10.1 Å². The summed E-state index contributed by atoms with van der Waals surface area (Å²) in [6.07, 6.45) is 2.18. The monoisotopic (exact) mass is 253 g/mol. The summed E-state index contributed by atoms with van der Waals surface area (Å²) >= 11 is 0. The van der Waals surface area contributed by atoms with E-state index < -0.39 is 0 Å². The summed E-state index contributed by atoms with van der Waals surface area (Å²) in [4.78, 5) is 0. The van der Waals surface area contributed by atoms with Crippen molar-refractivity contribution in [3.8, 4) is 5.75 Å². The largest absolute Gasteiger partial charge is 0.493 e. The van der Waals surface area contributed by atoms with Crippen LogP contribution in [-0.2, 0) is 0 Å². The first-order chi connectivity index (χ1) is 8.54. The van der Waals surface area contributed by atoms with Crippen molar-refractivity contribution in [1.29, 1.82) is 0 Å². The number of nitrogens with one attached hydrogen (secondary N) is 1. The Hall–Kier alpha value is -1.09. The molecule has 0 bridgehead atoms. The van der Waals surface area contributed by atoms with E-state index in [9.17, 15) is 4.39 Å². The molecule has 0 spiro atoms. The van der Waals surface area contributed by atoms with Crippen molar-refractivity contribution in [1.82, 2.24) is 5.32 Å². The van der Waals surface area contributed by atoms with E-state index in [0.717, 1.165) is 24.2 Å². The molecule has 0 fully saturated rings. The smallest absolute Gasteiger partial charge is 0.124 e. The molecule has 1 aromatic rings. The fourth-order valence-electron chi connectivity index (χ4n) is 1.82. The Morgan fingerprint density at radius 3 is 2.61 bits per heavy atom. The highest BCUT2D eigenvalue weighted by molar-refractivity contribution is 5.36. The lowest BCUT2D eigenvalue weighted by Crippen LogP contribution is -2.14. The minimum atomic E-state index is -0.221. The van der Waals surface area contributed by atoms with Crippen LogP contribution >= 0.6 is 0 Å². The maximum Gasteiger partial charge on any atom is 0.124 e. The second kappa shape index (κ2) is 7.37. The van der Waals surface area contributed by atoms with Gasteiger partial charge in [-0.3, -0.25) is 0 Å². The Morgan fingerprint density at radius 2 is 2.00 bits per heavy atom. The molecular formula is C15H24FNO. The molecule has 0 saturated carbocycles. The molecule has 2 nitrogen and oxygen atoms in total. The van der Waals surface area contributed by atoms with E-state index in [4.69, 9.17) is 4.74 Å². The van der Waals surface area contributed by atoms with Gasteiger partial charge in [0.05, 0.1) is 6.61 Å². The number of hydrogen-bond donors (Lipinski definition) is 1. The van der Waals surface area contributed by atoms with Crippen molar-refractivity contribution in [2.24, 2.45) is 5.92 Å². The summed E-state index contributed by atoms with van der Waals surface area (Å²) in [5, 5.41) is 3.11. The van der Waals surface area contributed by atoms with E-state index in [-0.39, 0.29) is 11.9 Å². The number of hydrogen-bond acceptors (Lipinski definition) is 2. The van der Waals surface area contributed by atoms with Gasteiger partial charge in [0.25, 0.3) is 0 Å². The molecule has 0 saturated heterocycles. The van der Waals surface area contributed by atoms with E-state index in [1.807, 2.05) is 14.0 Å². The Morgan fingerprint density at radius 1 is 1.28 bits per heavy atom. The van der Waals surface area contributed by atoms with E-state index >= 15 is 0 Å². The van der Waals surface area contributed by atoms with Gasteiger partial charge in [0.1, 0.15) is 11.6 Å². The second-order valence-electron chi connectivity index (χ2n) is 5.08. The normalized spacial score (nSPS) is 12.8. The Kier molecular flexibility index (Phi) is 6.13. The van der Waals surface area contributed by atoms with Gasteiger partial charge in [-0.25, -0.2) is 4.39 Å². The number of ether oxygens (including phenoxy) is 1. The van der Waals surface area contributed by atoms with Gasteiger partial charge in [-0.2, -0.15) is 0 Å². The van der Waals surface area contributed by atoms with E-state index in [1.165, 1.54) is 6.07 Å². The molecule has 1 aromatic carbocycles. The highest BCUT2D eigenvalue weighted by Crippen LogP contribution is 2.26. The van der Waals surface area contributed by atoms with Gasteiger partial charge in [0.2, 0.25) is 0 Å². The van der Waals surface area contributed by atoms with Crippen molar-refractivity contribution in [3.05, 3.63) is 29.6 Å². The predicted molar refractivity (Wildman–Crippen MR) is 73.4 cm³/mol. The zero-order valence-electron chi connectivity index (χ0n) is 11.8. The lowest BCUT2D eigenvalue weighted by Gasteiger charge is -2.17. The highest BCUT2D eigenvalue weighted by atomic mass is 19.1. The molecule has 1 rings (SSSR count). The fourth-order valence-corrected chi connectivity index (χ4v) is 1.82. The van der Waals surface area contributed by atoms with Crippen molar-refractivity contribution >= 4 is 0 Å². The van der Waals surface area contributed by atoms with Crippen molar-refractivity contribution in [3.63, 3.8) is 0 Å². The fraction of sp³-hybridized carbons (Fsp3) is 0.600. The molecule has 0 radical (unpaired) electrons. The van der Waals surface area contributed by atoms with Crippen molar-refractivity contribution < 1.29 is 9.13 Å². The number of benzene rings is 1. The molecule has 1 unspecified atom stereocenters. The Balaban J connectivity index is 2.63. The van der Waals surface area contributed by atoms with Gasteiger partial charge >= 0.3 is 0 Å². The number of halogens is 1. The second-order valence-corrected chi connectivity index (χ2v) is 5.08. The first-order valence-electron chi connectivity index (χ1n) is 6.64. The third-order valence-electron chi connectivity index (χ3n) is 3.05. The van der Waals surface area contributed by atoms with Crippen LogP contribution in [0.2, 0.25) is 0 Å². The van der Waals surface area contributed by atoms with Crippen LogP contribution in [0.1, 0.15) is 45.2 Å². The molecule has 0 aliphatic heterocycles. The molecule has 18 heavy (non-hydrogen) atoms. The minimum absolute atomic E-state index is 0.0841. The van der Waals surface area contributed by atoms with Crippen LogP contribution in [-0.4, -0.2) is 13.7 Å². The van der Waals surface area contributed by atoms with Crippen LogP contribution in [0.3, 0.4) is 0 Å². The van der Waals surface area contributed by atoms with E-state index in [1.54, 1.807) is 12.1 Å². The highest BCUT2D eigenvalue weighted by Gasteiger charge is 2.11. The Labute approximate surface area is 110 Å². The van der Waals surface area contributed by atoms with Crippen LogP contribution in [0.4, 0.5) is 4.39 Å². The molecule has 0 heterocycles. The molecule has 1 atom stereocenters. The summed E-state index contributed by atoms with van der Waals surface area (Å²) in [5.74, 6) is 1.25. The third kappa shape index (κ3) is 4.65. The van der Waals surface area contributed by atoms with Crippen LogP contribution in [0, 0.1) is 11.7 Å². The lowest BCUT2D eigenvalue weighted by atomic mass is 10.1. The lowest BCUT2D eigenvalue weighted by molar-refractivity contribution is 0.292. The van der Waals surface area contributed by atoms with Crippen molar-refractivity contribution in [2.45, 2.75) is 39.7 Å². The number of rotatable bonds is 7. The first-order valence-corrected chi connectivity index (χ1v) is 6.64. The van der Waals surface area contributed by atoms with Crippen LogP contribution in [0.5, 0.6) is 5.75 Å². The molecule has 0 amide bonds. The zero-order valence-corrected chi connectivity index (χ0v) is 11.8. The van der Waals surface area contributed by atoms with Gasteiger partial charge in [-0.1, -0.05) is 13.8 Å². The van der Waals surface area contributed by atoms with E-state index in [2.05, 4.69) is 19.2 Å². The zero-order chi connectivity index (χ0) is 13.5. The molecule has 0 aliphatic carbocycles. The van der Waals surface area contributed by atoms with Crippen molar-refractivity contribution in [2.75, 3.05) is 13.7 Å². The van der Waals surface area contributed by atoms with Gasteiger partial charge in [0.15, 0.2) is 0 Å². The maximum atomic E-state index is 13.3.